The lowest BCUT2D eigenvalue weighted by Gasteiger charge is -2.34. The smallest absolute Gasteiger partial charge is 0.184 e. The quantitative estimate of drug-likeness (QED) is 0.793. The zero-order valence-corrected chi connectivity index (χ0v) is 12.7. The predicted octanol–water partition coefficient (Wildman–Crippen LogP) is 4.72. The highest BCUT2D eigenvalue weighted by Gasteiger charge is 2.31. The van der Waals surface area contributed by atoms with Crippen molar-refractivity contribution in [1.29, 1.82) is 0 Å². The van der Waals surface area contributed by atoms with E-state index in [-0.39, 0.29) is 6.29 Å². The summed E-state index contributed by atoms with van der Waals surface area (Å²) in [7, 11) is 0. The van der Waals surface area contributed by atoms with Gasteiger partial charge in [0, 0.05) is 5.56 Å². The molecule has 2 aliphatic rings. The molecule has 2 heteroatoms. The van der Waals surface area contributed by atoms with Gasteiger partial charge in [0.15, 0.2) is 6.29 Å². The zero-order chi connectivity index (χ0) is 13.9. The first-order chi connectivity index (χ1) is 9.81. The van der Waals surface area contributed by atoms with Gasteiger partial charge < -0.3 is 9.47 Å². The first-order valence-corrected chi connectivity index (χ1v) is 8.14. The molecule has 3 rings (SSSR count). The zero-order valence-electron chi connectivity index (χ0n) is 12.7. The number of ether oxygens (including phenoxy) is 2. The van der Waals surface area contributed by atoms with Crippen LogP contribution < -0.4 is 0 Å². The minimum absolute atomic E-state index is 0.135. The van der Waals surface area contributed by atoms with Crippen molar-refractivity contribution in [3.05, 3.63) is 34.9 Å². The van der Waals surface area contributed by atoms with Crippen LogP contribution in [0.5, 0.6) is 0 Å². The maximum Gasteiger partial charge on any atom is 0.184 e. The Morgan fingerprint density at radius 3 is 2.60 bits per heavy atom. The van der Waals surface area contributed by atoms with E-state index in [0.717, 1.165) is 19.1 Å². The number of rotatable bonds is 3. The van der Waals surface area contributed by atoms with Gasteiger partial charge >= 0.3 is 0 Å². The van der Waals surface area contributed by atoms with Crippen LogP contribution in [-0.4, -0.2) is 13.2 Å². The van der Waals surface area contributed by atoms with Crippen LogP contribution in [0.3, 0.4) is 0 Å². The van der Waals surface area contributed by atoms with Gasteiger partial charge in [-0.1, -0.05) is 44.4 Å². The van der Waals surface area contributed by atoms with Gasteiger partial charge in [-0.25, -0.2) is 0 Å². The van der Waals surface area contributed by atoms with Crippen LogP contribution in [-0.2, 0) is 9.47 Å². The van der Waals surface area contributed by atoms with Gasteiger partial charge in [-0.05, 0) is 42.7 Å². The van der Waals surface area contributed by atoms with E-state index in [4.69, 9.17) is 9.47 Å². The molecule has 1 aliphatic carbocycles. The normalized spacial score (nSPS) is 27.9. The first-order valence-electron chi connectivity index (χ1n) is 8.14. The predicted molar refractivity (Wildman–Crippen MR) is 80.8 cm³/mol. The highest BCUT2D eigenvalue weighted by molar-refractivity contribution is 5.39. The van der Waals surface area contributed by atoms with Gasteiger partial charge in [0.05, 0.1) is 13.2 Å². The molecule has 0 aromatic heterocycles. The second-order valence-electron chi connectivity index (χ2n) is 6.21. The van der Waals surface area contributed by atoms with E-state index in [0.29, 0.717) is 5.92 Å². The van der Waals surface area contributed by atoms with Crippen LogP contribution in [0, 0.1) is 12.8 Å². The summed E-state index contributed by atoms with van der Waals surface area (Å²) in [5.41, 5.74) is 4.21. The third kappa shape index (κ3) is 2.64. The van der Waals surface area contributed by atoms with Crippen molar-refractivity contribution < 1.29 is 9.47 Å². The molecular weight excluding hydrogens is 248 g/mol. The molecule has 0 radical (unpaired) electrons. The van der Waals surface area contributed by atoms with Gasteiger partial charge in [-0.2, -0.15) is 0 Å². The van der Waals surface area contributed by atoms with Crippen LogP contribution in [0.1, 0.15) is 67.9 Å². The van der Waals surface area contributed by atoms with E-state index >= 15 is 0 Å². The second kappa shape index (κ2) is 6.28. The topological polar surface area (TPSA) is 18.5 Å². The van der Waals surface area contributed by atoms with E-state index in [2.05, 4.69) is 32.0 Å². The van der Waals surface area contributed by atoms with E-state index < -0.39 is 0 Å². The van der Waals surface area contributed by atoms with Crippen molar-refractivity contribution in [2.75, 3.05) is 13.2 Å². The molecule has 2 fully saturated rings. The van der Waals surface area contributed by atoms with Gasteiger partial charge in [0.2, 0.25) is 0 Å². The van der Waals surface area contributed by atoms with Crippen molar-refractivity contribution in [2.45, 2.75) is 58.2 Å². The standard InChI is InChI=1S/C18H26O2/c1-3-14-8-4-5-9-15(14)17-13(2)7-6-10-16(17)18-19-11-12-20-18/h6-7,10,14-15,18H,3-5,8-9,11-12H2,1-2H3. The molecule has 1 saturated carbocycles. The third-order valence-electron chi connectivity index (χ3n) is 5.04. The molecule has 0 amide bonds. The molecule has 110 valence electrons. The van der Waals surface area contributed by atoms with Gasteiger partial charge in [-0.15, -0.1) is 0 Å². The summed E-state index contributed by atoms with van der Waals surface area (Å²) < 4.78 is 11.5. The third-order valence-corrected chi connectivity index (χ3v) is 5.04. The van der Waals surface area contributed by atoms with Crippen LogP contribution in [0.2, 0.25) is 0 Å². The number of aryl methyl sites for hydroxylation is 1. The molecule has 2 nitrogen and oxygen atoms in total. The summed E-state index contributed by atoms with van der Waals surface area (Å²) in [5, 5.41) is 0. The fourth-order valence-corrected chi connectivity index (χ4v) is 4.03. The highest BCUT2D eigenvalue weighted by atomic mass is 16.7. The Hall–Kier alpha value is -0.860. The molecule has 1 aromatic carbocycles. The second-order valence-corrected chi connectivity index (χ2v) is 6.21. The van der Waals surface area contributed by atoms with Gasteiger partial charge in [0.1, 0.15) is 0 Å². The molecule has 1 heterocycles. The van der Waals surface area contributed by atoms with Gasteiger partial charge in [0.25, 0.3) is 0 Å². The Labute approximate surface area is 122 Å². The number of hydrogen-bond donors (Lipinski definition) is 0. The average Bonchev–Trinajstić information content (AvgIpc) is 3.01. The van der Waals surface area contributed by atoms with E-state index in [1.807, 2.05) is 0 Å². The molecule has 0 spiro atoms. The lowest BCUT2D eigenvalue weighted by Crippen LogP contribution is -2.20. The molecule has 2 unspecified atom stereocenters. The summed E-state index contributed by atoms with van der Waals surface area (Å²) >= 11 is 0. The summed E-state index contributed by atoms with van der Waals surface area (Å²) in [6, 6.07) is 6.59. The van der Waals surface area contributed by atoms with E-state index in [1.54, 1.807) is 0 Å². The Morgan fingerprint density at radius 1 is 1.10 bits per heavy atom. The lowest BCUT2D eigenvalue weighted by molar-refractivity contribution is -0.0452. The molecule has 1 aromatic rings. The number of hydrogen-bond acceptors (Lipinski definition) is 2. The lowest BCUT2D eigenvalue weighted by atomic mass is 9.72. The van der Waals surface area contributed by atoms with Crippen molar-refractivity contribution in [3.8, 4) is 0 Å². The summed E-state index contributed by atoms with van der Waals surface area (Å²) in [4.78, 5) is 0. The SMILES string of the molecule is CCC1CCCCC1c1c(C)cccc1C1OCCO1. The Balaban J connectivity index is 1.97. The van der Waals surface area contributed by atoms with Crippen LogP contribution in [0.15, 0.2) is 18.2 Å². The molecule has 0 N–H and O–H groups in total. The highest BCUT2D eigenvalue weighted by Crippen LogP contribution is 2.44. The molecule has 20 heavy (non-hydrogen) atoms. The number of benzene rings is 1. The van der Waals surface area contributed by atoms with Gasteiger partial charge in [-0.3, -0.25) is 0 Å². The summed E-state index contributed by atoms with van der Waals surface area (Å²) in [6.45, 7) is 6.03. The molecule has 1 aliphatic heterocycles. The van der Waals surface area contributed by atoms with Crippen LogP contribution >= 0.6 is 0 Å². The van der Waals surface area contributed by atoms with Crippen molar-refractivity contribution in [1.82, 2.24) is 0 Å². The summed E-state index contributed by atoms with van der Waals surface area (Å²) in [5.74, 6) is 1.52. The molecule has 2 atom stereocenters. The maximum atomic E-state index is 5.77. The minimum atomic E-state index is -0.135. The van der Waals surface area contributed by atoms with Crippen molar-refractivity contribution in [3.63, 3.8) is 0 Å². The Morgan fingerprint density at radius 2 is 1.85 bits per heavy atom. The van der Waals surface area contributed by atoms with Crippen LogP contribution in [0.4, 0.5) is 0 Å². The fourth-order valence-electron chi connectivity index (χ4n) is 4.03. The summed E-state index contributed by atoms with van der Waals surface area (Å²) in [6.07, 6.45) is 6.60. The van der Waals surface area contributed by atoms with E-state index in [9.17, 15) is 0 Å². The molecule has 0 bridgehead atoms. The Bertz CT molecular complexity index is 449. The average molecular weight is 274 g/mol. The first kappa shape index (κ1) is 14.1. The minimum Gasteiger partial charge on any atom is -0.346 e. The Kier molecular flexibility index (Phi) is 4.42. The monoisotopic (exact) mass is 274 g/mol. The maximum absolute atomic E-state index is 5.77. The fraction of sp³-hybridized carbons (Fsp3) is 0.667. The molecule has 1 saturated heterocycles. The van der Waals surface area contributed by atoms with E-state index in [1.165, 1.54) is 48.8 Å². The van der Waals surface area contributed by atoms with Crippen molar-refractivity contribution >= 4 is 0 Å². The largest absolute Gasteiger partial charge is 0.346 e. The van der Waals surface area contributed by atoms with Crippen molar-refractivity contribution in [2.24, 2.45) is 5.92 Å². The van der Waals surface area contributed by atoms with Crippen LogP contribution in [0.25, 0.3) is 0 Å². The molecular formula is C18H26O2.